The minimum atomic E-state index is 0.889. The zero-order valence-electron chi connectivity index (χ0n) is 26.3. The molecule has 8 aromatic carbocycles. The Hall–Kier alpha value is -6.38. The number of fused-ring (bicyclic) bond motifs is 5. The highest BCUT2D eigenvalue weighted by Crippen LogP contribution is 2.46. The van der Waals surface area contributed by atoms with Gasteiger partial charge in [-0.1, -0.05) is 152 Å². The Bertz CT molecular complexity index is 2430. The SMILES string of the molecule is c1ccc(-c2ccc(N(c3ccc(-c4ccccc4)cc3)c3cc4c(oc5cccc(-c6ccccc6)c54)c4ccccc34)cc2)cc1. The predicted octanol–water partition coefficient (Wildman–Crippen LogP) is 13.2. The molecule has 0 spiro atoms. The first-order valence-corrected chi connectivity index (χ1v) is 16.4. The molecule has 2 heteroatoms. The average Bonchev–Trinajstić information content (AvgIpc) is 3.56. The number of hydrogen-bond acceptors (Lipinski definition) is 2. The summed E-state index contributed by atoms with van der Waals surface area (Å²) in [4.78, 5) is 2.38. The summed E-state index contributed by atoms with van der Waals surface area (Å²) in [5.74, 6) is 0. The topological polar surface area (TPSA) is 16.4 Å². The summed E-state index contributed by atoms with van der Waals surface area (Å²) >= 11 is 0. The number of rotatable bonds is 6. The smallest absolute Gasteiger partial charge is 0.143 e. The molecule has 0 aliphatic heterocycles. The normalized spacial score (nSPS) is 11.3. The summed E-state index contributed by atoms with van der Waals surface area (Å²) in [6, 6.07) is 66.8. The van der Waals surface area contributed by atoms with E-state index in [1.807, 2.05) is 0 Å². The van der Waals surface area contributed by atoms with Gasteiger partial charge < -0.3 is 9.32 Å². The number of nitrogens with zero attached hydrogens (tertiary/aromatic N) is 1. The molecule has 0 bridgehead atoms. The Morgan fingerprint density at radius 3 is 1.40 bits per heavy atom. The maximum absolute atomic E-state index is 6.68. The van der Waals surface area contributed by atoms with E-state index in [-0.39, 0.29) is 0 Å². The van der Waals surface area contributed by atoms with Gasteiger partial charge in [0, 0.05) is 32.9 Å². The number of furan rings is 1. The van der Waals surface area contributed by atoms with Crippen LogP contribution in [-0.2, 0) is 0 Å². The molecule has 0 N–H and O–H groups in total. The van der Waals surface area contributed by atoms with E-state index in [4.69, 9.17) is 4.42 Å². The number of hydrogen-bond donors (Lipinski definition) is 0. The van der Waals surface area contributed by atoms with Gasteiger partial charge >= 0.3 is 0 Å². The van der Waals surface area contributed by atoms with Crippen molar-refractivity contribution < 1.29 is 4.42 Å². The highest BCUT2D eigenvalue weighted by Gasteiger charge is 2.21. The van der Waals surface area contributed by atoms with Crippen LogP contribution in [0, 0.1) is 0 Å². The average molecular weight is 614 g/mol. The van der Waals surface area contributed by atoms with Crippen molar-refractivity contribution in [3.05, 3.63) is 188 Å². The molecule has 2 nitrogen and oxygen atoms in total. The Morgan fingerprint density at radius 2 is 0.833 bits per heavy atom. The van der Waals surface area contributed by atoms with Crippen molar-refractivity contribution in [2.24, 2.45) is 0 Å². The van der Waals surface area contributed by atoms with Crippen molar-refractivity contribution in [3.8, 4) is 33.4 Å². The molecule has 0 fully saturated rings. The first-order valence-electron chi connectivity index (χ1n) is 16.4. The summed E-state index contributed by atoms with van der Waals surface area (Å²) in [5.41, 5.74) is 12.2. The lowest BCUT2D eigenvalue weighted by Gasteiger charge is -2.27. The molecule has 226 valence electrons. The molecule has 0 amide bonds. The van der Waals surface area contributed by atoms with E-state index < -0.39 is 0 Å². The third kappa shape index (κ3) is 4.83. The molecule has 9 aromatic rings. The number of anilines is 3. The van der Waals surface area contributed by atoms with E-state index >= 15 is 0 Å². The lowest BCUT2D eigenvalue weighted by molar-refractivity contribution is 0.673. The third-order valence-electron chi connectivity index (χ3n) is 9.27. The predicted molar refractivity (Wildman–Crippen MR) is 202 cm³/mol. The minimum Gasteiger partial charge on any atom is -0.455 e. The van der Waals surface area contributed by atoms with Gasteiger partial charge in [0.2, 0.25) is 0 Å². The highest BCUT2D eigenvalue weighted by atomic mass is 16.3. The van der Waals surface area contributed by atoms with Crippen LogP contribution in [0.25, 0.3) is 66.1 Å². The van der Waals surface area contributed by atoms with E-state index in [9.17, 15) is 0 Å². The van der Waals surface area contributed by atoms with Crippen molar-refractivity contribution in [1.29, 1.82) is 0 Å². The van der Waals surface area contributed by atoms with Crippen LogP contribution >= 0.6 is 0 Å². The van der Waals surface area contributed by atoms with Crippen LogP contribution in [0.4, 0.5) is 17.1 Å². The van der Waals surface area contributed by atoms with Gasteiger partial charge in [-0.3, -0.25) is 0 Å². The van der Waals surface area contributed by atoms with Crippen LogP contribution in [0.15, 0.2) is 192 Å². The maximum Gasteiger partial charge on any atom is 0.143 e. The van der Waals surface area contributed by atoms with Crippen LogP contribution in [0.1, 0.15) is 0 Å². The van der Waals surface area contributed by atoms with Crippen molar-refractivity contribution in [2.45, 2.75) is 0 Å². The summed E-state index contributed by atoms with van der Waals surface area (Å²) in [6.45, 7) is 0. The van der Waals surface area contributed by atoms with Crippen LogP contribution in [0.3, 0.4) is 0 Å². The first kappa shape index (κ1) is 27.9. The lowest BCUT2D eigenvalue weighted by Crippen LogP contribution is -2.10. The Labute approximate surface area is 279 Å². The molecule has 1 aromatic heterocycles. The van der Waals surface area contributed by atoms with E-state index in [2.05, 4.69) is 193 Å². The standard InChI is InChI=1S/C46H31NO/c1-4-13-32(14-5-1)34-23-27-37(28-24-34)47(38-29-25-35(26-30-38)33-15-6-2-7-16-33)43-31-42-45-39(36-17-8-3-9-18-36)21-12-22-44(45)48-46(42)41-20-11-10-19-40(41)43/h1-31H. The van der Waals surface area contributed by atoms with Gasteiger partial charge in [-0.15, -0.1) is 0 Å². The molecular weight excluding hydrogens is 583 g/mol. The van der Waals surface area contributed by atoms with Gasteiger partial charge in [0.1, 0.15) is 11.2 Å². The second-order valence-electron chi connectivity index (χ2n) is 12.1. The van der Waals surface area contributed by atoms with E-state index in [1.54, 1.807) is 0 Å². The van der Waals surface area contributed by atoms with Crippen molar-refractivity contribution >= 4 is 49.8 Å². The fourth-order valence-corrected chi connectivity index (χ4v) is 6.97. The van der Waals surface area contributed by atoms with Crippen LogP contribution < -0.4 is 4.90 Å². The molecule has 0 saturated carbocycles. The maximum atomic E-state index is 6.68. The van der Waals surface area contributed by atoms with E-state index in [0.717, 1.165) is 49.8 Å². The summed E-state index contributed by atoms with van der Waals surface area (Å²) in [6.07, 6.45) is 0. The first-order chi connectivity index (χ1) is 23.8. The molecule has 0 atom stereocenters. The molecule has 48 heavy (non-hydrogen) atoms. The van der Waals surface area contributed by atoms with Crippen molar-refractivity contribution in [3.63, 3.8) is 0 Å². The molecule has 1 heterocycles. The molecule has 0 saturated heterocycles. The fourth-order valence-electron chi connectivity index (χ4n) is 6.97. The Kier molecular flexibility index (Phi) is 6.84. The summed E-state index contributed by atoms with van der Waals surface area (Å²) in [7, 11) is 0. The largest absolute Gasteiger partial charge is 0.455 e. The minimum absolute atomic E-state index is 0.889. The number of benzene rings is 8. The van der Waals surface area contributed by atoms with Gasteiger partial charge in [-0.2, -0.15) is 0 Å². The van der Waals surface area contributed by atoms with Gasteiger partial charge in [0.25, 0.3) is 0 Å². The van der Waals surface area contributed by atoms with Crippen LogP contribution in [-0.4, -0.2) is 0 Å². The lowest BCUT2D eigenvalue weighted by atomic mass is 9.97. The monoisotopic (exact) mass is 613 g/mol. The molecule has 9 rings (SSSR count). The van der Waals surface area contributed by atoms with E-state index in [1.165, 1.54) is 33.4 Å². The highest BCUT2D eigenvalue weighted by molar-refractivity contribution is 6.22. The molecule has 0 aliphatic rings. The zero-order chi connectivity index (χ0) is 31.9. The second-order valence-corrected chi connectivity index (χ2v) is 12.1. The van der Waals surface area contributed by atoms with Crippen molar-refractivity contribution in [1.82, 2.24) is 0 Å². The van der Waals surface area contributed by atoms with Gasteiger partial charge in [-0.25, -0.2) is 0 Å². The van der Waals surface area contributed by atoms with E-state index in [0.29, 0.717) is 0 Å². The Balaban J connectivity index is 1.30. The van der Waals surface area contributed by atoms with Crippen LogP contribution in [0.5, 0.6) is 0 Å². The molecular formula is C46H31NO. The molecule has 0 aliphatic carbocycles. The van der Waals surface area contributed by atoms with Gasteiger partial charge in [0.05, 0.1) is 5.69 Å². The fraction of sp³-hybridized carbons (Fsp3) is 0. The van der Waals surface area contributed by atoms with Gasteiger partial charge in [0.15, 0.2) is 0 Å². The van der Waals surface area contributed by atoms with Gasteiger partial charge in [-0.05, 0) is 69.8 Å². The van der Waals surface area contributed by atoms with Crippen molar-refractivity contribution in [2.75, 3.05) is 4.90 Å². The second kappa shape index (κ2) is 11.8. The Morgan fingerprint density at radius 1 is 0.354 bits per heavy atom. The quantitative estimate of drug-likeness (QED) is 0.185. The third-order valence-corrected chi connectivity index (χ3v) is 9.27. The summed E-state index contributed by atoms with van der Waals surface area (Å²) in [5, 5.41) is 4.45. The summed E-state index contributed by atoms with van der Waals surface area (Å²) < 4.78 is 6.68. The molecule has 0 radical (unpaired) electrons. The zero-order valence-corrected chi connectivity index (χ0v) is 26.3. The molecule has 0 unspecified atom stereocenters. The van der Waals surface area contributed by atoms with Crippen LogP contribution in [0.2, 0.25) is 0 Å².